The van der Waals surface area contributed by atoms with E-state index in [-0.39, 0.29) is 5.41 Å². The Morgan fingerprint density at radius 3 is 2.65 bits per heavy atom. The summed E-state index contributed by atoms with van der Waals surface area (Å²) < 4.78 is 25.8. The number of aromatic nitrogens is 3. The second-order valence-electron chi connectivity index (χ2n) is 4.77. The Bertz CT molecular complexity index is 464. The number of sulfonamides is 1. The minimum Gasteiger partial charge on any atom is -0.251 e. The minimum atomic E-state index is -3.13. The highest BCUT2D eigenvalue weighted by Gasteiger charge is 2.21. The number of rotatable bonds is 6. The lowest BCUT2D eigenvalue weighted by atomic mass is 9.87. The van der Waals surface area contributed by atoms with Gasteiger partial charge >= 0.3 is 0 Å². The van der Waals surface area contributed by atoms with Gasteiger partial charge in [-0.1, -0.05) is 26.0 Å². The molecule has 17 heavy (non-hydrogen) atoms. The summed E-state index contributed by atoms with van der Waals surface area (Å²) in [5.41, 5.74) is 0.932. The van der Waals surface area contributed by atoms with E-state index in [1.54, 1.807) is 4.68 Å². The molecule has 0 radical (unpaired) electrons. The van der Waals surface area contributed by atoms with Crippen LogP contribution in [0.15, 0.2) is 6.20 Å². The largest absolute Gasteiger partial charge is 0.251 e. The molecule has 98 valence electrons. The van der Waals surface area contributed by atoms with Crippen LogP contribution in [-0.2, 0) is 22.0 Å². The molecule has 6 nitrogen and oxygen atoms in total. The molecule has 0 fully saturated rings. The van der Waals surface area contributed by atoms with Crippen LogP contribution in [0.25, 0.3) is 0 Å². The normalized spacial score (nSPS) is 12.9. The Morgan fingerprint density at radius 1 is 1.47 bits per heavy atom. The van der Waals surface area contributed by atoms with Crippen LogP contribution in [0.5, 0.6) is 0 Å². The van der Waals surface area contributed by atoms with Gasteiger partial charge in [-0.05, 0) is 6.42 Å². The predicted molar refractivity (Wildman–Crippen MR) is 66.2 cm³/mol. The predicted octanol–water partition coefficient (Wildman–Crippen LogP) is 0.515. The first kappa shape index (κ1) is 14.1. The topological polar surface area (TPSA) is 76.9 Å². The molecule has 1 aromatic heterocycles. The second-order valence-corrected chi connectivity index (χ2v) is 6.60. The van der Waals surface area contributed by atoms with E-state index in [0.29, 0.717) is 13.1 Å². The van der Waals surface area contributed by atoms with Crippen LogP contribution in [0.4, 0.5) is 0 Å². The zero-order valence-electron chi connectivity index (χ0n) is 10.8. The van der Waals surface area contributed by atoms with Gasteiger partial charge in [0.05, 0.1) is 18.5 Å². The van der Waals surface area contributed by atoms with E-state index in [1.165, 1.54) is 0 Å². The molecule has 1 N–H and O–H groups in total. The number of hydrogen-bond donors (Lipinski definition) is 1. The fourth-order valence-corrected chi connectivity index (χ4v) is 1.71. The van der Waals surface area contributed by atoms with E-state index in [9.17, 15) is 8.42 Å². The van der Waals surface area contributed by atoms with Crippen molar-refractivity contribution < 1.29 is 8.42 Å². The highest BCUT2D eigenvalue weighted by atomic mass is 32.2. The summed E-state index contributed by atoms with van der Waals surface area (Å²) in [6.07, 6.45) is 3.99. The quantitative estimate of drug-likeness (QED) is 0.808. The van der Waals surface area contributed by atoms with Gasteiger partial charge in [-0.15, -0.1) is 5.10 Å². The highest BCUT2D eigenvalue weighted by molar-refractivity contribution is 7.88. The van der Waals surface area contributed by atoms with Crippen molar-refractivity contribution in [3.05, 3.63) is 11.9 Å². The van der Waals surface area contributed by atoms with E-state index >= 15 is 0 Å². The summed E-state index contributed by atoms with van der Waals surface area (Å²) >= 11 is 0. The SMILES string of the molecule is CCC(C)(C)c1cn(CCNS(C)(=O)=O)nn1. The third kappa shape index (κ3) is 4.43. The molecule has 0 aliphatic carbocycles. The van der Waals surface area contributed by atoms with Crippen molar-refractivity contribution in [2.75, 3.05) is 12.8 Å². The van der Waals surface area contributed by atoms with E-state index in [0.717, 1.165) is 18.4 Å². The summed E-state index contributed by atoms with van der Waals surface area (Å²) in [6, 6.07) is 0. The first-order chi connectivity index (χ1) is 7.74. The maximum absolute atomic E-state index is 10.9. The Morgan fingerprint density at radius 2 is 2.12 bits per heavy atom. The first-order valence-corrected chi connectivity index (χ1v) is 7.49. The van der Waals surface area contributed by atoms with Gasteiger partial charge in [0, 0.05) is 18.2 Å². The molecule has 0 saturated heterocycles. The molecule has 0 bridgehead atoms. The van der Waals surface area contributed by atoms with Gasteiger partial charge in [0.2, 0.25) is 10.0 Å². The van der Waals surface area contributed by atoms with Crippen molar-refractivity contribution >= 4 is 10.0 Å². The van der Waals surface area contributed by atoms with E-state index < -0.39 is 10.0 Å². The monoisotopic (exact) mass is 260 g/mol. The summed E-state index contributed by atoms with van der Waals surface area (Å²) in [7, 11) is -3.13. The van der Waals surface area contributed by atoms with Crippen LogP contribution in [0, 0.1) is 0 Å². The number of nitrogens with zero attached hydrogens (tertiary/aromatic N) is 3. The second kappa shape index (κ2) is 5.14. The van der Waals surface area contributed by atoms with Crippen LogP contribution in [0.1, 0.15) is 32.9 Å². The minimum absolute atomic E-state index is 0.00249. The lowest BCUT2D eigenvalue weighted by molar-refractivity contribution is 0.489. The van der Waals surface area contributed by atoms with Gasteiger partial charge in [-0.2, -0.15) is 0 Å². The summed E-state index contributed by atoms with van der Waals surface area (Å²) in [4.78, 5) is 0. The standard InChI is InChI=1S/C10H20N4O2S/c1-5-10(2,3)9-8-14(13-12-9)7-6-11-17(4,15)16/h8,11H,5-7H2,1-4H3. The fourth-order valence-electron chi connectivity index (χ4n) is 1.24. The van der Waals surface area contributed by atoms with Gasteiger partial charge in [0.25, 0.3) is 0 Å². The van der Waals surface area contributed by atoms with Gasteiger partial charge in [0.15, 0.2) is 0 Å². The summed E-state index contributed by atoms with van der Waals surface area (Å²) in [5, 5.41) is 8.09. The molecule has 7 heteroatoms. The third-order valence-corrected chi connectivity index (χ3v) is 3.55. The molecule has 1 heterocycles. The van der Waals surface area contributed by atoms with Gasteiger partial charge in [-0.3, -0.25) is 4.68 Å². The molecular weight excluding hydrogens is 240 g/mol. The zero-order valence-corrected chi connectivity index (χ0v) is 11.6. The van der Waals surface area contributed by atoms with Crippen LogP contribution < -0.4 is 4.72 Å². The van der Waals surface area contributed by atoms with E-state index in [4.69, 9.17) is 0 Å². The molecule has 0 aromatic carbocycles. The summed E-state index contributed by atoms with van der Waals surface area (Å²) in [5.74, 6) is 0. The van der Waals surface area contributed by atoms with Gasteiger partial charge in [-0.25, -0.2) is 13.1 Å². The molecule has 0 amide bonds. The maximum Gasteiger partial charge on any atom is 0.208 e. The molecule has 0 unspecified atom stereocenters. The highest BCUT2D eigenvalue weighted by Crippen LogP contribution is 2.23. The smallest absolute Gasteiger partial charge is 0.208 e. The third-order valence-electron chi connectivity index (χ3n) is 2.82. The molecule has 0 atom stereocenters. The van der Waals surface area contributed by atoms with Crippen molar-refractivity contribution in [2.45, 2.75) is 39.2 Å². The Balaban J connectivity index is 2.58. The molecular formula is C10H20N4O2S. The Hall–Kier alpha value is -0.950. The zero-order chi connectivity index (χ0) is 13.1. The van der Waals surface area contributed by atoms with Gasteiger partial charge < -0.3 is 0 Å². The fraction of sp³-hybridized carbons (Fsp3) is 0.800. The van der Waals surface area contributed by atoms with Crippen LogP contribution in [0.2, 0.25) is 0 Å². The average molecular weight is 260 g/mol. The maximum atomic E-state index is 10.9. The molecule has 0 aliphatic heterocycles. The molecule has 0 saturated carbocycles. The lowest BCUT2D eigenvalue weighted by Gasteiger charge is -2.18. The Labute approximate surface area is 102 Å². The van der Waals surface area contributed by atoms with Gasteiger partial charge in [0.1, 0.15) is 0 Å². The molecule has 0 aliphatic rings. The van der Waals surface area contributed by atoms with Crippen molar-refractivity contribution in [1.29, 1.82) is 0 Å². The van der Waals surface area contributed by atoms with Crippen molar-refractivity contribution in [1.82, 2.24) is 19.7 Å². The summed E-state index contributed by atoms with van der Waals surface area (Å²) in [6.45, 7) is 7.13. The van der Waals surface area contributed by atoms with Crippen LogP contribution in [0.3, 0.4) is 0 Å². The average Bonchev–Trinajstić information content (AvgIpc) is 2.65. The van der Waals surface area contributed by atoms with Crippen molar-refractivity contribution in [2.24, 2.45) is 0 Å². The van der Waals surface area contributed by atoms with E-state index in [1.807, 2.05) is 6.20 Å². The lowest BCUT2D eigenvalue weighted by Crippen LogP contribution is -2.26. The molecule has 1 rings (SSSR count). The number of hydrogen-bond acceptors (Lipinski definition) is 4. The van der Waals surface area contributed by atoms with Crippen LogP contribution in [-0.4, -0.2) is 36.2 Å². The van der Waals surface area contributed by atoms with Crippen molar-refractivity contribution in [3.8, 4) is 0 Å². The van der Waals surface area contributed by atoms with Crippen molar-refractivity contribution in [3.63, 3.8) is 0 Å². The van der Waals surface area contributed by atoms with Crippen LogP contribution >= 0.6 is 0 Å². The Kier molecular flexibility index (Phi) is 4.26. The van der Waals surface area contributed by atoms with E-state index in [2.05, 4.69) is 35.8 Å². The first-order valence-electron chi connectivity index (χ1n) is 5.60. The molecule has 1 aromatic rings. The number of nitrogens with one attached hydrogen (secondary N) is 1. The molecule has 0 spiro atoms.